The average Bonchev–Trinajstić information content (AvgIpc) is 2.79. The number of ether oxygens (including phenoxy) is 1. The molecule has 1 aromatic heterocycles. The first-order valence-electron chi connectivity index (χ1n) is 10.3. The van der Waals surface area contributed by atoms with Crippen molar-refractivity contribution < 1.29 is 19.0 Å². The van der Waals surface area contributed by atoms with E-state index in [-0.39, 0.29) is 23.7 Å². The number of rotatable bonds is 5. The Balaban J connectivity index is 1.41. The van der Waals surface area contributed by atoms with Gasteiger partial charge in [0.25, 0.3) is 0 Å². The van der Waals surface area contributed by atoms with Gasteiger partial charge in [-0.3, -0.25) is 0 Å². The molecule has 2 amide bonds. The summed E-state index contributed by atoms with van der Waals surface area (Å²) in [6.45, 7) is 1.97. The Kier molecular flexibility index (Phi) is 6.84. The van der Waals surface area contributed by atoms with Crippen LogP contribution in [0.15, 0.2) is 24.4 Å². The predicted octanol–water partition coefficient (Wildman–Crippen LogP) is 2.66. The molecular weight excluding hydrogens is 425 g/mol. The zero-order chi connectivity index (χ0) is 21.8. The van der Waals surface area contributed by atoms with Gasteiger partial charge >= 0.3 is 6.03 Å². The van der Waals surface area contributed by atoms with Gasteiger partial charge in [0.2, 0.25) is 5.95 Å². The van der Waals surface area contributed by atoms with E-state index in [9.17, 15) is 14.3 Å². The van der Waals surface area contributed by atoms with Crippen molar-refractivity contribution >= 4 is 23.6 Å². The molecule has 8 nitrogen and oxygen atoms in total. The number of nitrogens with zero attached hydrogens (tertiary/aromatic N) is 3. The molecule has 0 saturated carbocycles. The number of amides is 2. The number of benzene rings is 1. The molecule has 2 aromatic rings. The maximum atomic E-state index is 13.4. The van der Waals surface area contributed by atoms with Crippen molar-refractivity contribution in [2.75, 3.05) is 31.7 Å². The Morgan fingerprint density at radius 2 is 2.19 bits per heavy atom. The summed E-state index contributed by atoms with van der Waals surface area (Å²) >= 11 is 5.83. The minimum atomic E-state index is -0.692. The number of anilines is 1. The number of halogens is 2. The van der Waals surface area contributed by atoms with Gasteiger partial charge in [0, 0.05) is 32.0 Å². The van der Waals surface area contributed by atoms with E-state index in [2.05, 4.69) is 20.6 Å². The van der Waals surface area contributed by atoms with E-state index < -0.39 is 11.9 Å². The van der Waals surface area contributed by atoms with Crippen molar-refractivity contribution in [3.63, 3.8) is 0 Å². The lowest BCUT2D eigenvalue weighted by molar-refractivity contribution is 0.0903. The van der Waals surface area contributed by atoms with Crippen molar-refractivity contribution in [1.82, 2.24) is 20.2 Å². The van der Waals surface area contributed by atoms with Gasteiger partial charge in [-0.05, 0) is 42.5 Å². The summed E-state index contributed by atoms with van der Waals surface area (Å²) in [6, 6.07) is 3.38. The molecule has 166 valence electrons. The second-order valence-electron chi connectivity index (χ2n) is 7.73. The third-order valence-electron chi connectivity index (χ3n) is 5.61. The maximum Gasteiger partial charge on any atom is 0.318 e. The van der Waals surface area contributed by atoms with Gasteiger partial charge in [-0.15, -0.1) is 0 Å². The van der Waals surface area contributed by atoms with Crippen LogP contribution in [-0.4, -0.2) is 58.4 Å². The molecule has 1 atom stereocenters. The number of urea groups is 1. The first-order valence-corrected chi connectivity index (χ1v) is 10.7. The first-order chi connectivity index (χ1) is 15.0. The second kappa shape index (κ2) is 9.76. The van der Waals surface area contributed by atoms with Crippen molar-refractivity contribution in [2.45, 2.75) is 37.9 Å². The Bertz CT molecular complexity index is 941. The van der Waals surface area contributed by atoms with Crippen molar-refractivity contribution in [2.24, 2.45) is 0 Å². The molecule has 1 fully saturated rings. The number of hydrogen-bond acceptors (Lipinski definition) is 6. The molecule has 0 aliphatic carbocycles. The summed E-state index contributed by atoms with van der Waals surface area (Å²) in [5.74, 6) is 0.00742. The summed E-state index contributed by atoms with van der Waals surface area (Å²) in [4.78, 5) is 23.5. The minimum Gasteiger partial charge on any atom is -0.394 e. The number of carbonyl (C=O) groups excluding carboxylic acids is 1. The monoisotopic (exact) mass is 449 g/mol. The first kappa shape index (κ1) is 21.7. The van der Waals surface area contributed by atoms with Crippen LogP contribution in [-0.2, 0) is 17.7 Å². The van der Waals surface area contributed by atoms with Crippen LogP contribution in [0.3, 0.4) is 0 Å². The van der Waals surface area contributed by atoms with E-state index in [1.165, 1.54) is 18.2 Å². The highest BCUT2D eigenvalue weighted by Crippen LogP contribution is 2.23. The molecule has 31 heavy (non-hydrogen) atoms. The van der Waals surface area contributed by atoms with Crippen LogP contribution in [0.1, 0.15) is 35.7 Å². The molecule has 1 unspecified atom stereocenters. The Labute approximate surface area is 184 Å². The van der Waals surface area contributed by atoms with Crippen LogP contribution in [0.5, 0.6) is 0 Å². The molecule has 3 heterocycles. The Morgan fingerprint density at radius 3 is 2.94 bits per heavy atom. The Hall–Kier alpha value is -2.49. The quantitative estimate of drug-likeness (QED) is 0.649. The summed E-state index contributed by atoms with van der Waals surface area (Å²) < 4.78 is 18.8. The van der Waals surface area contributed by atoms with E-state index >= 15 is 0 Å². The van der Waals surface area contributed by atoms with E-state index in [0.29, 0.717) is 31.0 Å². The fraction of sp³-hybridized carbons (Fsp3) is 0.476. The molecule has 0 radical (unpaired) electrons. The van der Waals surface area contributed by atoms with Gasteiger partial charge in [0.1, 0.15) is 5.82 Å². The number of aromatic nitrogens is 2. The standard InChI is InChI=1S/C21H25ClFN5O3/c22-16-9-13(1-2-17(16)23)19(12-29)27-21(30)28-6-3-14-10-24-20(26-18(14)11-28)25-15-4-7-31-8-5-15/h1-2,9-10,15,19,29H,3-8,11-12H2,(H,27,30)(H,24,25,26). The highest BCUT2D eigenvalue weighted by molar-refractivity contribution is 6.30. The molecule has 0 spiro atoms. The second-order valence-corrected chi connectivity index (χ2v) is 8.13. The fourth-order valence-corrected chi connectivity index (χ4v) is 3.96. The summed E-state index contributed by atoms with van der Waals surface area (Å²) in [6.07, 6.45) is 4.28. The number of hydrogen-bond donors (Lipinski definition) is 3. The lowest BCUT2D eigenvalue weighted by Crippen LogP contribution is -2.45. The average molecular weight is 450 g/mol. The zero-order valence-electron chi connectivity index (χ0n) is 17.0. The largest absolute Gasteiger partial charge is 0.394 e. The van der Waals surface area contributed by atoms with Crippen molar-refractivity contribution in [3.8, 4) is 0 Å². The number of nitrogens with one attached hydrogen (secondary N) is 2. The van der Waals surface area contributed by atoms with Crippen LogP contribution in [0.2, 0.25) is 5.02 Å². The molecule has 1 saturated heterocycles. The van der Waals surface area contributed by atoms with Crippen LogP contribution in [0.4, 0.5) is 15.1 Å². The lowest BCUT2D eigenvalue weighted by Gasteiger charge is -2.30. The smallest absolute Gasteiger partial charge is 0.318 e. The van der Waals surface area contributed by atoms with Gasteiger partial charge in [0.15, 0.2) is 0 Å². The lowest BCUT2D eigenvalue weighted by atomic mass is 10.1. The molecule has 0 bridgehead atoms. The zero-order valence-corrected chi connectivity index (χ0v) is 17.7. The molecule has 2 aliphatic heterocycles. The highest BCUT2D eigenvalue weighted by Gasteiger charge is 2.25. The molecule has 2 aliphatic rings. The summed E-state index contributed by atoms with van der Waals surface area (Å²) in [7, 11) is 0. The van der Waals surface area contributed by atoms with Gasteiger partial charge in [-0.2, -0.15) is 0 Å². The SMILES string of the molecule is O=C(NC(CO)c1ccc(F)c(Cl)c1)N1CCc2cnc(NC3CCOCC3)nc2C1. The topological polar surface area (TPSA) is 99.6 Å². The summed E-state index contributed by atoms with van der Waals surface area (Å²) in [5.41, 5.74) is 2.35. The maximum absolute atomic E-state index is 13.4. The number of aliphatic hydroxyl groups is 1. The molecule has 3 N–H and O–H groups in total. The van der Waals surface area contributed by atoms with E-state index in [0.717, 1.165) is 37.3 Å². The van der Waals surface area contributed by atoms with Crippen LogP contribution in [0, 0.1) is 5.82 Å². The fourth-order valence-electron chi connectivity index (χ4n) is 3.77. The minimum absolute atomic E-state index is 0.0571. The molecule has 4 rings (SSSR count). The molecular formula is C21H25ClFN5O3. The van der Waals surface area contributed by atoms with Crippen molar-refractivity contribution in [1.29, 1.82) is 0 Å². The number of carbonyl (C=O) groups is 1. The third kappa shape index (κ3) is 5.23. The number of aliphatic hydroxyl groups excluding tert-OH is 1. The van der Waals surface area contributed by atoms with Crippen LogP contribution in [0.25, 0.3) is 0 Å². The van der Waals surface area contributed by atoms with Gasteiger partial charge in [-0.25, -0.2) is 19.2 Å². The number of fused-ring (bicyclic) bond motifs is 1. The van der Waals surface area contributed by atoms with E-state index in [1.807, 2.05) is 6.20 Å². The van der Waals surface area contributed by atoms with Crippen molar-refractivity contribution in [3.05, 3.63) is 52.1 Å². The van der Waals surface area contributed by atoms with E-state index in [4.69, 9.17) is 16.3 Å². The van der Waals surface area contributed by atoms with Crippen LogP contribution < -0.4 is 10.6 Å². The van der Waals surface area contributed by atoms with Gasteiger partial charge < -0.3 is 25.4 Å². The third-order valence-corrected chi connectivity index (χ3v) is 5.90. The van der Waals surface area contributed by atoms with Gasteiger partial charge in [-0.1, -0.05) is 17.7 Å². The summed E-state index contributed by atoms with van der Waals surface area (Å²) in [5, 5.41) is 15.8. The van der Waals surface area contributed by atoms with Crippen LogP contribution >= 0.6 is 11.6 Å². The Morgan fingerprint density at radius 1 is 1.39 bits per heavy atom. The van der Waals surface area contributed by atoms with Gasteiger partial charge in [0.05, 0.1) is 29.9 Å². The normalized spacial score (nSPS) is 17.7. The molecule has 1 aromatic carbocycles. The highest BCUT2D eigenvalue weighted by atomic mass is 35.5. The molecule has 10 heteroatoms. The van der Waals surface area contributed by atoms with E-state index in [1.54, 1.807) is 4.90 Å². The predicted molar refractivity (Wildman–Crippen MR) is 113 cm³/mol.